The lowest BCUT2D eigenvalue weighted by atomic mass is 10.0. The molecule has 44 heavy (non-hydrogen) atoms. The number of carbonyl (C=O) groups is 2. The predicted octanol–water partition coefficient (Wildman–Crippen LogP) is 10.2. The molecular formula is C38H75NO5. The highest BCUT2D eigenvalue weighted by molar-refractivity contribution is 5.69. The summed E-state index contributed by atoms with van der Waals surface area (Å²) in [6.45, 7) is 12.1. The van der Waals surface area contributed by atoms with Crippen LogP contribution in [0, 0.1) is 5.92 Å². The smallest absolute Gasteiger partial charge is 0.306 e. The minimum absolute atomic E-state index is 0.0237. The number of hydrogen-bond donors (Lipinski definition) is 1. The Morgan fingerprint density at radius 2 is 1.05 bits per heavy atom. The first kappa shape index (κ1) is 42.9. The molecule has 0 heterocycles. The maximum absolute atomic E-state index is 12.7. The first-order chi connectivity index (χ1) is 21.5. The maximum atomic E-state index is 12.7. The quantitative estimate of drug-likeness (QED) is 0.0566. The zero-order valence-corrected chi connectivity index (χ0v) is 29.9. The molecule has 0 saturated carbocycles. The molecular weight excluding hydrogens is 550 g/mol. The van der Waals surface area contributed by atoms with Crippen LogP contribution in [0.1, 0.15) is 188 Å². The van der Waals surface area contributed by atoms with Gasteiger partial charge in [-0.25, -0.2) is 0 Å². The number of esters is 2. The standard InChI is InChI=1S/C38H75NO5/c1-5-8-10-12-16-20-26-36(27-21-17-13-11-9-6-2)44-38(42)29-23-25-31-39(32-33-40)30-24-19-15-14-18-22-28-37(41)43-34-35(4)7-3/h35-36,40H,5-34H2,1-4H3. The summed E-state index contributed by atoms with van der Waals surface area (Å²) >= 11 is 0. The normalized spacial score (nSPS) is 12.2. The van der Waals surface area contributed by atoms with E-state index in [9.17, 15) is 14.7 Å². The van der Waals surface area contributed by atoms with Crippen LogP contribution in [0.4, 0.5) is 0 Å². The molecule has 0 aliphatic rings. The Hall–Kier alpha value is -1.14. The van der Waals surface area contributed by atoms with Crippen LogP contribution in [0.3, 0.4) is 0 Å². The lowest BCUT2D eigenvalue weighted by Gasteiger charge is -2.21. The van der Waals surface area contributed by atoms with Gasteiger partial charge in [0.05, 0.1) is 13.2 Å². The maximum Gasteiger partial charge on any atom is 0.306 e. The van der Waals surface area contributed by atoms with Crippen molar-refractivity contribution in [1.29, 1.82) is 0 Å². The monoisotopic (exact) mass is 626 g/mol. The van der Waals surface area contributed by atoms with Gasteiger partial charge in [0.1, 0.15) is 6.10 Å². The summed E-state index contributed by atoms with van der Waals surface area (Å²) in [4.78, 5) is 26.8. The van der Waals surface area contributed by atoms with Crippen LogP contribution < -0.4 is 0 Å². The van der Waals surface area contributed by atoms with E-state index in [-0.39, 0.29) is 24.6 Å². The Balaban J connectivity index is 4.13. The van der Waals surface area contributed by atoms with Crippen LogP contribution in [-0.2, 0) is 19.1 Å². The highest BCUT2D eigenvalue weighted by Gasteiger charge is 2.15. The van der Waals surface area contributed by atoms with Crippen LogP contribution in [0.25, 0.3) is 0 Å². The molecule has 6 nitrogen and oxygen atoms in total. The van der Waals surface area contributed by atoms with Crippen LogP contribution in [-0.4, -0.2) is 60.9 Å². The van der Waals surface area contributed by atoms with Crippen molar-refractivity contribution in [3.63, 3.8) is 0 Å². The third kappa shape index (κ3) is 29.6. The zero-order valence-electron chi connectivity index (χ0n) is 29.9. The highest BCUT2D eigenvalue weighted by Crippen LogP contribution is 2.18. The van der Waals surface area contributed by atoms with Crippen molar-refractivity contribution in [2.24, 2.45) is 5.92 Å². The number of aliphatic hydroxyl groups is 1. The molecule has 0 fully saturated rings. The summed E-state index contributed by atoms with van der Waals surface area (Å²) in [6.07, 6.45) is 27.9. The van der Waals surface area contributed by atoms with Crippen molar-refractivity contribution in [3.8, 4) is 0 Å². The van der Waals surface area contributed by atoms with Gasteiger partial charge in [0, 0.05) is 19.4 Å². The fraction of sp³-hybridized carbons (Fsp3) is 0.947. The summed E-state index contributed by atoms with van der Waals surface area (Å²) < 4.78 is 11.3. The van der Waals surface area contributed by atoms with E-state index in [1.54, 1.807) is 0 Å². The van der Waals surface area contributed by atoms with Gasteiger partial charge in [-0.15, -0.1) is 0 Å². The van der Waals surface area contributed by atoms with E-state index in [2.05, 4.69) is 32.6 Å². The molecule has 0 aromatic rings. The number of carbonyl (C=O) groups excluding carboxylic acids is 2. The van der Waals surface area contributed by atoms with E-state index in [1.807, 2.05) is 0 Å². The average molecular weight is 626 g/mol. The minimum atomic E-state index is -0.0562. The van der Waals surface area contributed by atoms with Gasteiger partial charge in [0.25, 0.3) is 0 Å². The summed E-state index contributed by atoms with van der Waals surface area (Å²) in [5.41, 5.74) is 0. The van der Waals surface area contributed by atoms with Crippen molar-refractivity contribution in [2.75, 3.05) is 32.8 Å². The van der Waals surface area contributed by atoms with Gasteiger partial charge in [-0.1, -0.05) is 124 Å². The molecule has 0 aliphatic heterocycles. The molecule has 0 rings (SSSR count). The van der Waals surface area contributed by atoms with Crippen molar-refractivity contribution < 1.29 is 24.2 Å². The molecule has 0 amide bonds. The number of aliphatic hydroxyl groups excluding tert-OH is 1. The van der Waals surface area contributed by atoms with Crippen molar-refractivity contribution in [2.45, 2.75) is 194 Å². The third-order valence-corrected chi connectivity index (χ3v) is 8.91. The highest BCUT2D eigenvalue weighted by atomic mass is 16.5. The summed E-state index contributed by atoms with van der Waals surface area (Å²) in [6, 6.07) is 0. The Morgan fingerprint density at radius 3 is 1.59 bits per heavy atom. The molecule has 6 heteroatoms. The second-order valence-electron chi connectivity index (χ2n) is 13.3. The first-order valence-electron chi connectivity index (χ1n) is 19.1. The van der Waals surface area contributed by atoms with Crippen molar-refractivity contribution >= 4 is 11.9 Å². The number of nitrogens with zero attached hydrogens (tertiary/aromatic N) is 1. The van der Waals surface area contributed by atoms with Crippen LogP contribution in [0.2, 0.25) is 0 Å². The molecule has 1 unspecified atom stereocenters. The van der Waals surface area contributed by atoms with Crippen LogP contribution in [0.5, 0.6) is 0 Å². The number of ether oxygens (including phenoxy) is 2. The topological polar surface area (TPSA) is 76.1 Å². The molecule has 0 spiro atoms. The molecule has 1 atom stereocenters. The fourth-order valence-corrected chi connectivity index (χ4v) is 5.63. The molecule has 0 radical (unpaired) electrons. The Labute approximate surface area is 273 Å². The van der Waals surface area contributed by atoms with E-state index >= 15 is 0 Å². The number of rotatable bonds is 34. The van der Waals surface area contributed by atoms with Gasteiger partial charge in [0.15, 0.2) is 0 Å². The van der Waals surface area contributed by atoms with Gasteiger partial charge < -0.3 is 19.5 Å². The van der Waals surface area contributed by atoms with Crippen molar-refractivity contribution in [3.05, 3.63) is 0 Å². The first-order valence-corrected chi connectivity index (χ1v) is 19.1. The molecule has 1 N–H and O–H groups in total. The Kier molecular flexibility index (Phi) is 32.4. The van der Waals surface area contributed by atoms with Crippen LogP contribution in [0.15, 0.2) is 0 Å². The molecule has 0 aromatic heterocycles. The number of unbranched alkanes of at least 4 members (excludes halogenated alkanes) is 16. The summed E-state index contributed by atoms with van der Waals surface area (Å²) in [5.74, 6) is 0.363. The predicted molar refractivity (Wildman–Crippen MR) is 186 cm³/mol. The SMILES string of the molecule is CCCCCCCCC(CCCCCCCC)OC(=O)CCCCN(CCO)CCCCCCCCC(=O)OCC(C)CC. The van der Waals surface area contributed by atoms with E-state index in [0.717, 1.165) is 70.9 Å². The minimum Gasteiger partial charge on any atom is -0.465 e. The summed E-state index contributed by atoms with van der Waals surface area (Å²) in [5, 5.41) is 9.52. The van der Waals surface area contributed by atoms with E-state index in [4.69, 9.17) is 9.47 Å². The lowest BCUT2D eigenvalue weighted by Crippen LogP contribution is -2.29. The Bertz CT molecular complexity index is 612. The Morgan fingerprint density at radius 1 is 0.591 bits per heavy atom. The van der Waals surface area contributed by atoms with E-state index in [0.29, 0.717) is 31.9 Å². The largest absolute Gasteiger partial charge is 0.465 e. The number of hydrogen-bond acceptors (Lipinski definition) is 6. The molecule has 262 valence electrons. The fourth-order valence-electron chi connectivity index (χ4n) is 5.63. The molecule has 0 aliphatic carbocycles. The van der Waals surface area contributed by atoms with Gasteiger partial charge in [-0.2, -0.15) is 0 Å². The van der Waals surface area contributed by atoms with Gasteiger partial charge in [0.2, 0.25) is 0 Å². The second-order valence-corrected chi connectivity index (χ2v) is 13.3. The molecule has 0 saturated heterocycles. The molecule has 0 bridgehead atoms. The third-order valence-electron chi connectivity index (χ3n) is 8.91. The van der Waals surface area contributed by atoms with E-state index in [1.165, 1.54) is 89.9 Å². The lowest BCUT2D eigenvalue weighted by molar-refractivity contribution is -0.150. The summed E-state index contributed by atoms with van der Waals surface area (Å²) in [7, 11) is 0. The van der Waals surface area contributed by atoms with E-state index < -0.39 is 0 Å². The van der Waals surface area contributed by atoms with Gasteiger partial charge >= 0.3 is 11.9 Å². The average Bonchev–Trinajstić information content (AvgIpc) is 3.02. The van der Waals surface area contributed by atoms with Gasteiger partial charge in [-0.3, -0.25) is 9.59 Å². The van der Waals surface area contributed by atoms with Gasteiger partial charge in [-0.05, 0) is 70.4 Å². The molecule has 0 aromatic carbocycles. The second kappa shape index (κ2) is 33.2. The zero-order chi connectivity index (χ0) is 32.5. The van der Waals surface area contributed by atoms with Crippen LogP contribution >= 0.6 is 0 Å². The van der Waals surface area contributed by atoms with Crippen molar-refractivity contribution in [1.82, 2.24) is 4.90 Å².